The number of benzene rings is 1. The normalized spacial score (nSPS) is 9.67. The number of carbonyl (C=O) groups excluding carboxylic acids is 1. The molecule has 0 saturated heterocycles. The maximum Gasteiger partial charge on any atom is 1.00 e. The maximum absolute atomic E-state index is 10.6. The molecule has 4 heteroatoms. The third-order valence-electron chi connectivity index (χ3n) is 2.07. The Balaban J connectivity index is 0.00000112. The molecule has 0 saturated carbocycles. The molecule has 70 valence electrons. The number of carboxylic acids is 1. The molecule has 0 radical (unpaired) electrons. The van der Waals surface area contributed by atoms with Crippen molar-refractivity contribution in [2.45, 2.75) is 6.92 Å². The van der Waals surface area contributed by atoms with Gasteiger partial charge >= 0.3 is 18.9 Å². The molecule has 0 amide bonds. The number of hydrogen-bond acceptors (Lipinski definition) is 3. The average molecular weight is 193 g/mol. The van der Waals surface area contributed by atoms with Gasteiger partial charge in [-0.2, -0.15) is 0 Å². The summed E-state index contributed by atoms with van der Waals surface area (Å²) in [6.45, 7) is 1.87. The summed E-state index contributed by atoms with van der Waals surface area (Å²) in [7, 11) is 0. The molecular weight excluding hydrogens is 185 g/mol. The number of hydrogen-bond donors (Lipinski definition) is 0. The smallest absolute Gasteiger partial charge is 0.545 e. The van der Waals surface area contributed by atoms with Crippen LogP contribution < -0.4 is 24.0 Å². The first kappa shape index (κ1) is 11.8. The standard InChI is InChI=1S/C11H9NO2.Li/c1-7-2-3-8-4-5-9(11(13)14)6-10(8)12-7;/h2-6H,1H3,(H,13,14);/q;+1/p-1. The predicted octanol–water partition coefficient (Wildman–Crippen LogP) is -2.09. The van der Waals surface area contributed by atoms with Gasteiger partial charge in [0, 0.05) is 11.1 Å². The van der Waals surface area contributed by atoms with Gasteiger partial charge < -0.3 is 9.90 Å². The van der Waals surface area contributed by atoms with E-state index in [-0.39, 0.29) is 24.4 Å². The van der Waals surface area contributed by atoms with Gasteiger partial charge in [0.2, 0.25) is 0 Å². The van der Waals surface area contributed by atoms with Gasteiger partial charge in [-0.3, -0.25) is 4.98 Å². The fourth-order valence-corrected chi connectivity index (χ4v) is 1.35. The van der Waals surface area contributed by atoms with Crippen molar-refractivity contribution in [3.8, 4) is 0 Å². The Morgan fingerprint density at radius 2 is 1.93 bits per heavy atom. The summed E-state index contributed by atoms with van der Waals surface area (Å²) in [6.07, 6.45) is 0. The number of rotatable bonds is 1. The van der Waals surface area contributed by atoms with Crippen LogP contribution in [0.3, 0.4) is 0 Å². The number of fused-ring (bicyclic) bond motifs is 1. The zero-order chi connectivity index (χ0) is 10.1. The number of carboxylic acid groups (broad SMARTS) is 1. The summed E-state index contributed by atoms with van der Waals surface area (Å²) in [5.41, 5.74) is 1.72. The van der Waals surface area contributed by atoms with Gasteiger partial charge in [-0.15, -0.1) is 0 Å². The fraction of sp³-hybridized carbons (Fsp3) is 0.0909. The van der Waals surface area contributed by atoms with Crippen LogP contribution in [0.1, 0.15) is 16.1 Å². The molecule has 0 aliphatic heterocycles. The number of nitrogens with zero attached hydrogens (tertiary/aromatic N) is 1. The Morgan fingerprint density at radius 1 is 1.27 bits per heavy atom. The predicted molar refractivity (Wildman–Crippen MR) is 50.8 cm³/mol. The summed E-state index contributed by atoms with van der Waals surface area (Å²) in [4.78, 5) is 14.8. The molecule has 1 aromatic heterocycles. The Labute approximate surface area is 99.3 Å². The van der Waals surface area contributed by atoms with Crippen LogP contribution in [0, 0.1) is 6.92 Å². The van der Waals surface area contributed by atoms with Gasteiger partial charge in [0.1, 0.15) is 0 Å². The monoisotopic (exact) mass is 193 g/mol. The van der Waals surface area contributed by atoms with Crippen molar-refractivity contribution in [3.63, 3.8) is 0 Å². The molecule has 0 aliphatic rings. The first-order chi connectivity index (χ1) is 6.66. The summed E-state index contributed by atoms with van der Waals surface area (Å²) < 4.78 is 0. The van der Waals surface area contributed by atoms with Gasteiger partial charge in [0.25, 0.3) is 0 Å². The largest absolute Gasteiger partial charge is 1.00 e. The first-order valence-electron chi connectivity index (χ1n) is 4.25. The van der Waals surface area contributed by atoms with Crippen LogP contribution >= 0.6 is 0 Å². The number of carbonyl (C=O) groups is 1. The molecule has 0 aliphatic carbocycles. The topological polar surface area (TPSA) is 53.0 Å². The van der Waals surface area contributed by atoms with E-state index in [4.69, 9.17) is 0 Å². The van der Waals surface area contributed by atoms with Gasteiger partial charge in [-0.05, 0) is 24.6 Å². The third-order valence-corrected chi connectivity index (χ3v) is 2.07. The molecule has 0 fully saturated rings. The van der Waals surface area contributed by atoms with Crippen LogP contribution in [0.25, 0.3) is 10.9 Å². The Hall–Kier alpha value is -1.30. The quantitative estimate of drug-likeness (QED) is 0.488. The molecule has 0 N–H and O–H groups in total. The molecule has 1 heterocycles. The van der Waals surface area contributed by atoms with Gasteiger partial charge in [-0.1, -0.05) is 18.2 Å². The van der Waals surface area contributed by atoms with Crippen molar-refractivity contribution in [1.82, 2.24) is 4.98 Å². The van der Waals surface area contributed by atoms with E-state index in [1.165, 1.54) is 12.1 Å². The summed E-state index contributed by atoms with van der Waals surface area (Å²) in [5.74, 6) is -1.17. The van der Waals surface area contributed by atoms with Crippen LogP contribution in [-0.4, -0.2) is 11.0 Å². The minimum atomic E-state index is -1.17. The number of aryl methyl sites for hydroxylation is 1. The van der Waals surface area contributed by atoms with Crippen molar-refractivity contribution >= 4 is 16.9 Å². The molecular formula is C11H8LiNO2. The van der Waals surface area contributed by atoms with Gasteiger partial charge in [0.15, 0.2) is 0 Å². The van der Waals surface area contributed by atoms with E-state index < -0.39 is 5.97 Å². The first-order valence-corrected chi connectivity index (χ1v) is 4.25. The molecule has 0 unspecified atom stereocenters. The maximum atomic E-state index is 10.6. The number of aromatic nitrogens is 1. The summed E-state index contributed by atoms with van der Waals surface area (Å²) >= 11 is 0. The van der Waals surface area contributed by atoms with Crippen molar-refractivity contribution in [3.05, 3.63) is 41.6 Å². The van der Waals surface area contributed by atoms with Crippen molar-refractivity contribution in [1.29, 1.82) is 0 Å². The SMILES string of the molecule is Cc1ccc2ccc(C(=O)[O-])cc2n1.[Li+]. The Morgan fingerprint density at radius 3 is 2.60 bits per heavy atom. The van der Waals surface area contributed by atoms with E-state index in [0.29, 0.717) is 5.52 Å². The number of pyridine rings is 1. The van der Waals surface area contributed by atoms with Gasteiger partial charge in [-0.25, -0.2) is 0 Å². The van der Waals surface area contributed by atoms with Crippen LogP contribution in [0.4, 0.5) is 0 Å². The van der Waals surface area contributed by atoms with E-state index in [9.17, 15) is 9.90 Å². The second-order valence-corrected chi connectivity index (χ2v) is 3.15. The fourth-order valence-electron chi connectivity index (χ4n) is 1.35. The third kappa shape index (κ3) is 2.38. The van der Waals surface area contributed by atoms with Crippen LogP contribution in [0.5, 0.6) is 0 Å². The van der Waals surface area contributed by atoms with Crippen molar-refractivity contribution in [2.75, 3.05) is 0 Å². The second kappa shape index (κ2) is 4.48. The Bertz CT molecular complexity index is 511. The van der Waals surface area contributed by atoms with Crippen LogP contribution in [0.15, 0.2) is 30.3 Å². The molecule has 2 aromatic rings. The zero-order valence-corrected chi connectivity index (χ0v) is 8.65. The minimum absolute atomic E-state index is 0. The summed E-state index contributed by atoms with van der Waals surface area (Å²) in [6, 6.07) is 8.58. The molecule has 3 nitrogen and oxygen atoms in total. The van der Waals surface area contributed by atoms with E-state index in [1.807, 2.05) is 19.1 Å². The molecule has 2 rings (SSSR count). The second-order valence-electron chi connectivity index (χ2n) is 3.15. The molecule has 0 atom stereocenters. The van der Waals surface area contributed by atoms with Crippen molar-refractivity contribution < 1.29 is 28.8 Å². The number of aromatic carboxylic acids is 1. The van der Waals surface area contributed by atoms with Crippen molar-refractivity contribution in [2.24, 2.45) is 0 Å². The van der Waals surface area contributed by atoms with E-state index in [0.717, 1.165) is 11.1 Å². The van der Waals surface area contributed by atoms with Crippen LogP contribution in [0.2, 0.25) is 0 Å². The molecule has 15 heavy (non-hydrogen) atoms. The average Bonchev–Trinajstić information content (AvgIpc) is 2.16. The molecule has 0 spiro atoms. The van der Waals surface area contributed by atoms with Gasteiger partial charge in [0.05, 0.1) is 11.5 Å². The Kier molecular flexibility index (Phi) is 3.51. The van der Waals surface area contributed by atoms with Crippen LogP contribution in [-0.2, 0) is 0 Å². The molecule has 0 bridgehead atoms. The van der Waals surface area contributed by atoms with E-state index >= 15 is 0 Å². The minimum Gasteiger partial charge on any atom is -0.545 e. The molecule has 1 aromatic carbocycles. The summed E-state index contributed by atoms with van der Waals surface area (Å²) in [5, 5.41) is 11.5. The van der Waals surface area contributed by atoms with E-state index in [2.05, 4.69) is 4.98 Å². The zero-order valence-electron chi connectivity index (χ0n) is 8.65. The van der Waals surface area contributed by atoms with E-state index in [1.54, 1.807) is 6.07 Å².